The number of carboxylic acids is 1. The highest BCUT2D eigenvalue weighted by Gasteiger charge is 2.61. The first-order valence-corrected chi connectivity index (χ1v) is 4.31. The van der Waals surface area contributed by atoms with Gasteiger partial charge in [-0.1, -0.05) is 13.8 Å². The molecule has 0 aromatic rings. The number of hydrogen-bond donors (Lipinski definition) is 1. The van der Waals surface area contributed by atoms with Crippen LogP contribution in [0.25, 0.3) is 0 Å². The van der Waals surface area contributed by atoms with Gasteiger partial charge in [-0.15, -0.1) is 0 Å². The van der Waals surface area contributed by atoms with Crippen LogP contribution in [0, 0.1) is 17.3 Å². The van der Waals surface area contributed by atoms with Crippen molar-refractivity contribution in [3.05, 3.63) is 0 Å². The number of hydrazone groups is 1. The highest BCUT2D eigenvalue weighted by Crippen LogP contribution is 2.57. The lowest BCUT2D eigenvalue weighted by atomic mass is 10.1. The van der Waals surface area contributed by atoms with Gasteiger partial charge < -0.3 is 10.1 Å². The summed E-state index contributed by atoms with van der Waals surface area (Å²) in [4.78, 5) is 10.8. The van der Waals surface area contributed by atoms with Crippen LogP contribution in [0.1, 0.15) is 13.8 Å². The van der Waals surface area contributed by atoms with Crippen LogP contribution in [0.2, 0.25) is 0 Å². The third kappa shape index (κ3) is 1.82. The molecular formula is C9H16N2O2. The van der Waals surface area contributed by atoms with Crippen molar-refractivity contribution >= 4 is 12.2 Å². The van der Waals surface area contributed by atoms with Gasteiger partial charge in [0.2, 0.25) is 0 Å². The quantitative estimate of drug-likeness (QED) is 0.523. The third-order valence-electron chi connectivity index (χ3n) is 2.63. The Hall–Kier alpha value is -1.06. The topological polar surface area (TPSA) is 52.9 Å². The van der Waals surface area contributed by atoms with Crippen molar-refractivity contribution in [3.8, 4) is 0 Å². The molecule has 2 atom stereocenters. The first kappa shape index (κ1) is 10.0. The Morgan fingerprint density at radius 3 is 2.38 bits per heavy atom. The lowest BCUT2D eigenvalue weighted by Gasteiger charge is -2.02. The molecule has 1 aliphatic rings. The lowest BCUT2D eigenvalue weighted by Crippen LogP contribution is -2.04. The minimum atomic E-state index is -0.722. The highest BCUT2D eigenvalue weighted by atomic mass is 16.4. The molecule has 4 nitrogen and oxygen atoms in total. The summed E-state index contributed by atoms with van der Waals surface area (Å²) in [5, 5.41) is 14.6. The number of hydrogen-bond acceptors (Lipinski definition) is 3. The van der Waals surface area contributed by atoms with Gasteiger partial charge in [-0.3, -0.25) is 4.79 Å². The molecule has 13 heavy (non-hydrogen) atoms. The monoisotopic (exact) mass is 184 g/mol. The van der Waals surface area contributed by atoms with Crippen molar-refractivity contribution in [1.82, 2.24) is 5.01 Å². The molecule has 0 amide bonds. The summed E-state index contributed by atoms with van der Waals surface area (Å²) in [6.45, 7) is 3.91. The van der Waals surface area contributed by atoms with Crippen molar-refractivity contribution in [2.75, 3.05) is 14.1 Å². The van der Waals surface area contributed by atoms with Crippen LogP contribution in [0.4, 0.5) is 0 Å². The molecule has 0 aromatic heterocycles. The molecule has 0 saturated heterocycles. The summed E-state index contributed by atoms with van der Waals surface area (Å²) in [6, 6.07) is 0. The summed E-state index contributed by atoms with van der Waals surface area (Å²) in [5.41, 5.74) is -0.134. The van der Waals surface area contributed by atoms with Gasteiger partial charge in [0.1, 0.15) is 0 Å². The molecule has 0 radical (unpaired) electrons. The molecule has 4 heteroatoms. The van der Waals surface area contributed by atoms with E-state index in [1.807, 2.05) is 27.9 Å². The van der Waals surface area contributed by atoms with Crippen LogP contribution < -0.4 is 0 Å². The fraction of sp³-hybridized carbons (Fsp3) is 0.778. The first-order valence-electron chi connectivity index (χ1n) is 4.31. The first-order chi connectivity index (χ1) is 5.87. The van der Waals surface area contributed by atoms with Crippen molar-refractivity contribution < 1.29 is 9.90 Å². The van der Waals surface area contributed by atoms with E-state index < -0.39 is 5.97 Å². The van der Waals surface area contributed by atoms with Gasteiger partial charge in [0, 0.05) is 26.2 Å². The van der Waals surface area contributed by atoms with Gasteiger partial charge in [-0.25, -0.2) is 0 Å². The minimum absolute atomic E-state index is 0.0763. The van der Waals surface area contributed by atoms with Gasteiger partial charge in [0.25, 0.3) is 0 Å². The van der Waals surface area contributed by atoms with Crippen molar-refractivity contribution in [2.24, 2.45) is 22.4 Å². The van der Waals surface area contributed by atoms with E-state index >= 15 is 0 Å². The average molecular weight is 184 g/mol. The summed E-state index contributed by atoms with van der Waals surface area (Å²) in [5.74, 6) is -0.913. The Labute approximate surface area is 78.2 Å². The molecule has 0 aromatic carbocycles. The average Bonchev–Trinajstić information content (AvgIpc) is 2.48. The molecule has 0 spiro atoms. The Balaban J connectivity index is 2.61. The van der Waals surface area contributed by atoms with Gasteiger partial charge in [0.05, 0.1) is 5.92 Å². The van der Waals surface area contributed by atoms with Crippen LogP contribution in [0.5, 0.6) is 0 Å². The Morgan fingerprint density at radius 2 is 2.08 bits per heavy atom. The zero-order valence-electron chi connectivity index (χ0n) is 8.48. The van der Waals surface area contributed by atoms with E-state index in [-0.39, 0.29) is 17.3 Å². The highest BCUT2D eigenvalue weighted by molar-refractivity contribution is 5.84. The van der Waals surface area contributed by atoms with Crippen molar-refractivity contribution in [3.63, 3.8) is 0 Å². The van der Waals surface area contributed by atoms with Crippen molar-refractivity contribution in [1.29, 1.82) is 0 Å². The largest absolute Gasteiger partial charge is 0.481 e. The maximum absolute atomic E-state index is 10.8. The van der Waals surface area contributed by atoms with E-state index in [4.69, 9.17) is 5.11 Å². The summed E-state index contributed by atoms with van der Waals surface area (Å²) >= 11 is 0. The normalized spacial score (nSPS) is 30.5. The molecule has 1 fully saturated rings. The third-order valence-corrected chi connectivity index (χ3v) is 2.63. The molecule has 1 N–H and O–H groups in total. The van der Waals surface area contributed by atoms with E-state index in [9.17, 15) is 4.79 Å². The van der Waals surface area contributed by atoms with Gasteiger partial charge >= 0.3 is 5.97 Å². The SMILES string of the molecule is CN(C)/N=C/C1[C@@H](C(=O)O)C1(C)C. The van der Waals surface area contributed by atoms with E-state index in [2.05, 4.69) is 5.10 Å². The number of carbonyl (C=O) groups is 1. The Kier molecular flexibility index (Phi) is 2.32. The van der Waals surface area contributed by atoms with E-state index in [0.29, 0.717) is 0 Å². The zero-order chi connectivity index (χ0) is 10.2. The van der Waals surface area contributed by atoms with Gasteiger partial charge in [0.15, 0.2) is 0 Å². The number of aliphatic carboxylic acids is 1. The summed E-state index contributed by atoms with van der Waals surface area (Å²) < 4.78 is 0. The molecule has 1 rings (SSSR count). The summed E-state index contributed by atoms with van der Waals surface area (Å²) in [6.07, 6.45) is 1.73. The van der Waals surface area contributed by atoms with Gasteiger partial charge in [-0.2, -0.15) is 5.10 Å². The second-order valence-electron chi connectivity index (χ2n) is 4.27. The second-order valence-corrected chi connectivity index (χ2v) is 4.27. The predicted octanol–water partition coefficient (Wildman–Crippen LogP) is 0.891. The maximum Gasteiger partial charge on any atom is 0.307 e. The van der Waals surface area contributed by atoms with E-state index in [1.165, 1.54) is 0 Å². The van der Waals surface area contributed by atoms with Crippen LogP contribution in [0.15, 0.2) is 5.10 Å². The second kappa shape index (κ2) is 3.01. The summed E-state index contributed by atoms with van der Waals surface area (Å²) in [7, 11) is 3.64. The smallest absolute Gasteiger partial charge is 0.307 e. The molecule has 0 aliphatic heterocycles. The fourth-order valence-corrected chi connectivity index (χ4v) is 1.63. The van der Waals surface area contributed by atoms with E-state index in [1.54, 1.807) is 11.2 Å². The Morgan fingerprint density at radius 1 is 1.54 bits per heavy atom. The fourth-order valence-electron chi connectivity index (χ4n) is 1.63. The van der Waals surface area contributed by atoms with Crippen molar-refractivity contribution in [2.45, 2.75) is 13.8 Å². The lowest BCUT2D eigenvalue weighted by molar-refractivity contribution is -0.139. The van der Waals surface area contributed by atoms with Crippen LogP contribution in [-0.4, -0.2) is 36.4 Å². The van der Waals surface area contributed by atoms with Crippen LogP contribution in [0.3, 0.4) is 0 Å². The number of rotatable bonds is 3. The molecule has 74 valence electrons. The number of nitrogens with zero attached hydrogens (tertiary/aromatic N) is 2. The van der Waals surface area contributed by atoms with E-state index in [0.717, 1.165) is 0 Å². The Bertz CT molecular complexity index is 246. The molecule has 1 saturated carbocycles. The predicted molar refractivity (Wildman–Crippen MR) is 50.6 cm³/mol. The van der Waals surface area contributed by atoms with Gasteiger partial charge in [-0.05, 0) is 5.41 Å². The molecule has 1 aliphatic carbocycles. The standard InChI is InChI=1S/C9H16N2O2/c1-9(2)6(5-10-11(3)4)7(9)8(12)13/h5-7H,1-4H3,(H,12,13)/b10-5+/t6?,7-/m0/s1. The molecular weight excluding hydrogens is 168 g/mol. The molecule has 1 unspecified atom stereocenters. The van der Waals surface area contributed by atoms with Crippen LogP contribution >= 0.6 is 0 Å². The molecule has 0 bridgehead atoms. The maximum atomic E-state index is 10.8. The minimum Gasteiger partial charge on any atom is -0.481 e. The van der Waals surface area contributed by atoms with Crippen LogP contribution in [-0.2, 0) is 4.79 Å². The zero-order valence-corrected chi connectivity index (χ0v) is 8.48. The number of carboxylic acid groups (broad SMARTS) is 1. The molecule has 0 heterocycles.